The van der Waals surface area contributed by atoms with Crippen LogP contribution in [-0.4, -0.2) is 25.2 Å². The van der Waals surface area contributed by atoms with Crippen LogP contribution < -0.4 is 5.32 Å². The number of esters is 1. The van der Waals surface area contributed by atoms with Crippen molar-refractivity contribution in [2.75, 3.05) is 7.11 Å². The SMILES string of the molecule is CCCCCC(NC1CCCCCC1)C(=O)OC. The lowest BCUT2D eigenvalue weighted by Gasteiger charge is -2.23. The summed E-state index contributed by atoms with van der Waals surface area (Å²) in [6, 6.07) is 0.419. The topological polar surface area (TPSA) is 38.3 Å². The van der Waals surface area contributed by atoms with Crippen molar-refractivity contribution in [3.05, 3.63) is 0 Å². The summed E-state index contributed by atoms with van der Waals surface area (Å²) in [6.07, 6.45) is 12.1. The van der Waals surface area contributed by atoms with Crippen LogP contribution in [-0.2, 0) is 9.53 Å². The smallest absolute Gasteiger partial charge is 0.322 e. The summed E-state index contributed by atoms with van der Waals surface area (Å²) in [5.41, 5.74) is 0. The summed E-state index contributed by atoms with van der Waals surface area (Å²) in [4.78, 5) is 11.8. The zero-order valence-corrected chi connectivity index (χ0v) is 12.0. The highest BCUT2D eigenvalue weighted by molar-refractivity contribution is 5.75. The molecule has 1 fully saturated rings. The van der Waals surface area contributed by atoms with Gasteiger partial charge in [-0.25, -0.2) is 0 Å². The molecule has 1 atom stereocenters. The van der Waals surface area contributed by atoms with E-state index in [0.717, 1.165) is 12.8 Å². The molecule has 3 heteroatoms. The van der Waals surface area contributed by atoms with E-state index in [4.69, 9.17) is 4.74 Å². The van der Waals surface area contributed by atoms with E-state index < -0.39 is 0 Å². The third-order valence-corrected chi connectivity index (χ3v) is 3.87. The molecule has 0 bridgehead atoms. The van der Waals surface area contributed by atoms with Gasteiger partial charge in [-0.1, -0.05) is 51.9 Å². The van der Waals surface area contributed by atoms with Crippen molar-refractivity contribution in [3.63, 3.8) is 0 Å². The van der Waals surface area contributed by atoms with E-state index in [1.54, 1.807) is 0 Å². The second-order valence-corrected chi connectivity index (χ2v) is 5.43. The van der Waals surface area contributed by atoms with Gasteiger partial charge in [0.2, 0.25) is 0 Å². The van der Waals surface area contributed by atoms with Crippen LogP contribution in [0.25, 0.3) is 0 Å². The van der Waals surface area contributed by atoms with Gasteiger partial charge >= 0.3 is 5.97 Å². The molecule has 1 saturated carbocycles. The number of nitrogens with one attached hydrogen (secondary N) is 1. The fourth-order valence-electron chi connectivity index (χ4n) is 2.74. The summed E-state index contributed by atoms with van der Waals surface area (Å²) >= 11 is 0. The Bertz CT molecular complexity index is 223. The second-order valence-electron chi connectivity index (χ2n) is 5.43. The summed E-state index contributed by atoms with van der Waals surface area (Å²) in [5.74, 6) is -0.0876. The largest absolute Gasteiger partial charge is 0.468 e. The molecule has 0 aromatic rings. The molecule has 0 aromatic heterocycles. The maximum Gasteiger partial charge on any atom is 0.322 e. The van der Waals surface area contributed by atoms with Gasteiger partial charge in [0.25, 0.3) is 0 Å². The molecule has 1 unspecified atom stereocenters. The Kier molecular flexibility index (Phi) is 8.06. The van der Waals surface area contributed by atoms with Crippen molar-refractivity contribution in [1.29, 1.82) is 0 Å². The maximum atomic E-state index is 11.8. The van der Waals surface area contributed by atoms with Gasteiger partial charge < -0.3 is 10.1 Å². The van der Waals surface area contributed by atoms with Crippen LogP contribution in [0.15, 0.2) is 0 Å². The first-order valence-electron chi connectivity index (χ1n) is 7.61. The number of methoxy groups -OCH3 is 1. The molecule has 1 aliphatic carbocycles. The minimum Gasteiger partial charge on any atom is -0.468 e. The number of hydrogen-bond donors (Lipinski definition) is 1. The van der Waals surface area contributed by atoms with Crippen LogP contribution in [0, 0.1) is 0 Å². The fraction of sp³-hybridized carbons (Fsp3) is 0.933. The molecule has 0 aliphatic heterocycles. The third-order valence-electron chi connectivity index (χ3n) is 3.87. The number of ether oxygens (including phenoxy) is 1. The van der Waals surface area contributed by atoms with Crippen molar-refractivity contribution in [2.45, 2.75) is 83.2 Å². The molecule has 1 aliphatic rings. The second kappa shape index (κ2) is 9.37. The van der Waals surface area contributed by atoms with Crippen molar-refractivity contribution in [1.82, 2.24) is 5.32 Å². The lowest BCUT2D eigenvalue weighted by molar-refractivity contribution is -0.143. The van der Waals surface area contributed by atoms with Gasteiger partial charge in [-0.2, -0.15) is 0 Å². The Labute approximate surface area is 112 Å². The van der Waals surface area contributed by atoms with E-state index >= 15 is 0 Å². The number of unbranched alkanes of at least 4 members (excludes halogenated alkanes) is 2. The van der Waals surface area contributed by atoms with E-state index in [9.17, 15) is 4.79 Å². The molecule has 0 saturated heterocycles. The van der Waals surface area contributed by atoms with Gasteiger partial charge in [0.1, 0.15) is 6.04 Å². The first kappa shape index (κ1) is 15.5. The Morgan fingerprint density at radius 2 is 1.89 bits per heavy atom. The molecule has 3 nitrogen and oxygen atoms in total. The van der Waals surface area contributed by atoms with Crippen LogP contribution in [0.1, 0.15) is 71.1 Å². The van der Waals surface area contributed by atoms with Crippen LogP contribution in [0.5, 0.6) is 0 Å². The molecule has 0 spiro atoms. The number of hydrogen-bond acceptors (Lipinski definition) is 3. The fourth-order valence-corrected chi connectivity index (χ4v) is 2.74. The predicted molar refractivity (Wildman–Crippen MR) is 74.6 cm³/mol. The number of rotatable bonds is 7. The third kappa shape index (κ3) is 5.85. The molecule has 1 rings (SSSR count). The van der Waals surface area contributed by atoms with Gasteiger partial charge in [0.05, 0.1) is 7.11 Å². The highest BCUT2D eigenvalue weighted by Crippen LogP contribution is 2.18. The number of carbonyl (C=O) groups is 1. The monoisotopic (exact) mass is 255 g/mol. The minimum atomic E-state index is -0.0929. The molecule has 18 heavy (non-hydrogen) atoms. The lowest BCUT2D eigenvalue weighted by Crippen LogP contribution is -2.43. The molecule has 106 valence electrons. The summed E-state index contributed by atoms with van der Waals surface area (Å²) in [6.45, 7) is 2.19. The normalized spacial score (nSPS) is 19.2. The van der Waals surface area contributed by atoms with Crippen molar-refractivity contribution in [3.8, 4) is 0 Å². The average Bonchev–Trinajstić information content (AvgIpc) is 2.65. The summed E-state index contributed by atoms with van der Waals surface area (Å²) in [7, 11) is 1.49. The average molecular weight is 255 g/mol. The Morgan fingerprint density at radius 3 is 2.44 bits per heavy atom. The van der Waals surface area contributed by atoms with Crippen molar-refractivity contribution >= 4 is 5.97 Å². The molecule has 1 N–H and O–H groups in total. The van der Waals surface area contributed by atoms with Gasteiger partial charge in [0, 0.05) is 6.04 Å². The standard InChI is InChI=1S/C15H29NO2/c1-3-4-7-12-14(15(17)18-2)16-13-10-8-5-6-9-11-13/h13-14,16H,3-12H2,1-2H3. The molecule has 0 aromatic carbocycles. The van der Waals surface area contributed by atoms with E-state index in [-0.39, 0.29) is 12.0 Å². The van der Waals surface area contributed by atoms with Crippen LogP contribution in [0.2, 0.25) is 0 Å². The summed E-state index contributed by atoms with van der Waals surface area (Å²) in [5, 5.41) is 3.53. The van der Waals surface area contributed by atoms with E-state index in [2.05, 4.69) is 12.2 Å². The lowest BCUT2D eigenvalue weighted by atomic mass is 10.0. The molecular weight excluding hydrogens is 226 g/mol. The van der Waals surface area contributed by atoms with Crippen molar-refractivity contribution in [2.24, 2.45) is 0 Å². The Morgan fingerprint density at radius 1 is 1.22 bits per heavy atom. The molecular formula is C15H29NO2. The van der Waals surface area contributed by atoms with E-state index in [0.29, 0.717) is 6.04 Å². The zero-order chi connectivity index (χ0) is 13.2. The van der Waals surface area contributed by atoms with Gasteiger partial charge in [-0.15, -0.1) is 0 Å². The first-order chi connectivity index (χ1) is 8.77. The number of carbonyl (C=O) groups excluding carboxylic acids is 1. The quantitative estimate of drug-likeness (QED) is 0.430. The van der Waals surface area contributed by atoms with Crippen LogP contribution in [0.4, 0.5) is 0 Å². The zero-order valence-electron chi connectivity index (χ0n) is 12.0. The molecule has 0 heterocycles. The molecule has 0 amide bonds. The van der Waals surface area contributed by atoms with Gasteiger partial charge in [0.15, 0.2) is 0 Å². The van der Waals surface area contributed by atoms with Crippen molar-refractivity contribution < 1.29 is 9.53 Å². The maximum absolute atomic E-state index is 11.8. The predicted octanol–water partition coefficient (Wildman–Crippen LogP) is 3.42. The molecule has 0 radical (unpaired) electrons. The van der Waals surface area contributed by atoms with Gasteiger partial charge in [-0.3, -0.25) is 4.79 Å². The van der Waals surface area contributed by atoms with E-state index in [1.807, 2.05) is 0 Å². The minimum absolute atomic E-state index is 0.0876. The Hall–Kier alpha value is -0.570. The summed E-state index contributed by atoms with van der Waals surface area (Å²) < 4.78 is 4.91. The van der Waals surface area contributed by atoms with Crippen LogP contribution >= 0.6 is 0 Å². The van der Waals surface area contributed by atoms with Crippen LogP contribution in [0.3, 0.4) is 0 Å². The van der Waals surface area contributed by atoms with Gasteiger partial charge in [-0.05, 0) is 19.3 Å². The highest BCUT2D eigenvalue weighted by Gasteiger charge is 2.22. The highest BCUT2D eigenvalue weighted by atomic mass is 16.5. The Balaban J connectivity index is 2.40. The first-order valence-corrected chi connectivity index (χ1v) is 7.61. The van der Waals surface area contributed by atoms with E-state index in [1.165, 1.54) is 58.5 Å².